The van der Waals surface area contributed by atoms with Crippen LogP contribution in [0.3, 0.4) is 0 Å². The topological polar surface area (TPSA) is 55.1 Å². The number of nitrogens with two attached hydrogens (primary N) is 1. The number of rotatable bonds is 2. The average Bonchev–Trinajstić information content (AvgIpc) is 2.40. The van der Waals surface area contributed by atoms with Crippen molar-refractivity contribution in [2.45, 2.75) is 13.8 Å². The van der Waals surface area contributed by atoms with Gasteiger partial charge in [-0.3, -0.25) is 4.79 Å². The summed E-state index contributed by atoms with van der Waals surface area (Å²) in [5.41, 5.74) is 8.11. The number of hydrogen-bond acceptors (Lipinski definition) is 2. The molecule has 0 aliphatic heterocycles. The number of nitrogen functional groups attached to an aromatic ring is 1. The van der Waals surface area contributed by atoms with Crippen molar-refractivity contribution in [1.29, 1.82) is 0 Å². The molecule has 0 saturated heterocycles. The molecule has 3 nitrogen and oxygen atoms in total. The number of anilines is 2. The van der Waals surface area contributed by atoms with Gasteiger partial charge in [-0.25, -0.2) is 4.39 Å². The fourth-order valence-corrected chi connectivity index (χ4v) is 2.13. The van der Waals surface area contributed by atoms with Crippen LogP contribution in [0.1, 0.15) is 21.5 Å². The second-order valence-electron chi connectivity index (χ2n) is 4.56. The fourth-order valence-electron chi connectivity index (χ4n) is 1.77. The van der Waals surface area contributed by atoms with Crippen molar-refractivity contribution in [2.75, 3.05) is 11.1 Å². The van der Waals surface area contributed by atoms with Crippen LogP contribution in [0.2, 0.25) is 0 Å². The molecule has 0 heterocycles. The molecule has 0 spiro atoms. The Bertz CT molecular complexity index is 663. The molecular formula is C15H14BrFN2O. The van der Waals surface area contributed by atoms with Gasteiger partial charge in [-0.05, 0) is 53.5 Å². The third kappa shape index (κ3) is 2.82. The van der Waals surface area contributed by atoms with E-state index in [0.29, 0.717) is 11.3 Å². The van der Waals surface area contributed by atoms with Gasteiger partial charge >= 0.3 is 0 Å². The molecule has 0 unspecified atom stereocenters. The van der Waals surface area contributed by atoms with E-state index >= 15 is 0 Å². The summed E-state index contributed by atoms with van der Waals surface area (Å²) in [7, 11) is 0. The Morgan fingerprint density at radius 1 is 1.30 bits per heavy atom. The number of benzene rings is 2. The fraction of sp³-hybridized carbons (Fsp3) is 0.133. The lowest BCUT2D eigenvalue weighted by molar-refractivity contribution is 0.102. The molecule has 0 bridgehead atoms. The van der Waals surface area contributed by atoms with Gasteiger partial charge in [0.2, 0.25) is 0 Å². The summed E-state index contributed by atoms with van der Waals surface area (Å²) in [6.45, 7) is 3.49. The standard InChI is InChI=1S/C15H14BrFN2O/c1-8-4-3-5-13(14(8)16)19-15(20)10-6-11(17)9(2)12(18)7-10/h3-7H,18H2,1-2H3,(H,19,20). The molecule has 0 atom stereocenters. The molecule has 0 aliphatic carbocycles. The van der Waals surface area contributed by atoms with E-state index in [1.54, 1.807) is 13.0 Å². The van der Waals surface area contributed by atoms with Gasteiger partial charge in [-0.2, -0.15) is 0 Å². The molecular weight excluding hydrogens is 323 g/mol. The van der Waals surface area contributed by atoms with Crippen molar-refractivity contribution in [3.8, 4) is 0 Å². The quantitative estimate of drug-likeness (QED) is 0.813. The first-order valence-corrected chi connectivity index (χ1v) is 6.81. The first-order chi connectivity index (χ1) is 9.40. The third-order valence-corrected chi connectivity index (χ3v) is 4.14. The number of aryl methyl sites for hydroxylation is 1. The Morgan fingerprint density at radius 2 is 2.00 bits per heavy atom. The molecule has 0 radical (unpaired) electrons. The van der Waals surface area contributed by atoms with Crippen molar-refractivity contribution in [1.82, 2.24) is 0 Å². The van der Waals surface area contributed by atoms with Crippen LogP contribution in [0.25, 0.3) is 0 Å². The van der Waals surface area contributed by atoms with Gasteiger partial charge in [0.25, 0.3) is 5.91 Å². The third-order valence-electron chi connectivity index (χ3n) is 3.09. The van der Waals surface area contributed by atoms with Crippen LogP contribution in [-0.4, -0.2) is 5.91 Å². The highest BCUT2D eigenvalue weighted by molar-refractivity contribution is 9.10. The molecule has 2 aromatic carbocycles. The summed E-state index contributed by atoms with van der Waals surface area (Å²) >= 11 is 3.41. The van der Waals surface area contributed by atoms with Gasteiger partial charge in [0.15, 0.2) is 0 Å². The molecule has 2 aromatic rings. The minimum Gasteiger partial charge on any atom is -0.398 e. The zero-order valence-electron chi connectivity index (χ0n) is 11.1. The molecule has 2 rings (SSSR count). The molecule has 20 heavy (non-hydrogen) atoms. The number of carbonyl (C=O) groups excluding carboxylic acids is 1. The highest BCUT2D eigenvalue weighted by atomic mass is 79.9. The maximum absolute atomic E-state index is 13.6. The van der Waals surface area contributed by atoms with Gasteiger partial charge in [0, 0.05) is 21.3 Å². The van der Waals surface area contributed by atoms with Gasteiger partial charge in [0.05, 0.1) is 5.69 Å². The SMILES string of the molecule is Cc1cccc(NC(=O)c2cc(N)c(C)c(F)c2)c1Br. The summed E-state index contributed by atoms with van der Waals surface area (Å²) in [6, 6.07) is 8.17. The molecule has 0 saturated carbocycles. The van der Waals surface area contributed by atoms with Crippen LogP contribution >= 0.6 is 15.9 Å². The Hall–Kier alpha value is -1.88. The zero-order chi connectivity index (χ0) is 14.9. The van der Waals surface area contributed by atoms with E-state index in [9.17, 15) is 9.18 Å². The lowest BCUT2D eigenvalue weighted by Crippen LogP contribution is -2.13. The van der Waals surface area contributed by atoms with Crippen molar-refractivity contribution in [3.63, 3.8) is 0 Å². The largest absolute Gasteiger partial charge is 0.398 e. The summed E-state index contributed by atoms with van der Waals surface area (Å²) in [5, 5.41) is 2.73. The van der Waals surface area contributed by atoms with Crippen LogP contribution in [0, 0.1) is 19.7 Å². The first kappa shape index (κ1) is 14.5. The Kier molecular flexibility index (Phi) is 4.09. The van der Waals surface area contributed by atoms with E-state index in [2.05, 4.69) is 21.2 Å². The van der Waals surface area contributed by atoms with Gasteiger partial charge in [-0.15, -0.1) is 0 Å². The van der Waals surface area contributed by atoms with Gasteiger partial charge in [-0.1, -0.05) is 12.1 Å². The number of amides is 1. The molecule has 3 N–H and O–H groups in total. The monoisotopic (exact) mass is 336 g/mol. The molecule has 0 fully saturated rings. The van der Waals surface area contributed by atoms with Gasteiger partial charge < -0.3 is 11.1 Å². The van der Waals surface area contributed by atoms with Crippen molar-refractivity contribution in [2.24, 2.45) is 0 Å². The molecule has 5 heteroatoms. The van der Waals surface area contributed by atoms with E-state index in [1.807, 2.05) is 19.1 Å². The average molecular weight is 337 g/mol. The van der Waals surface area contributed by atoms with E-state index < -0.39 is 11.7 Å². The molecule has 104 valence electrons. The van der Waals surface area contributed by atoms with Crippen molar-refractivity contribution >= 4 is 33.2 Å². The van der Waals surface area contributed by atoms with E-state index in [4.69, 9.17) is 5.73 Å². The van der Waals surface area contributed by atoms with Crippen molar-refractivity contribution in [3.05, 3.63) is 57.3 Å². The van der Waals surface area contributed by atoms with Crippen LogP contribution < -0.4 is 11.1 Å². The Labute approximate surface area is 125 Å². The highest BCUT2D eigenvalue weighted by Crippen LogP contribution is 2.26. The number of halogens is 2. The highest BCUT2D eigenvalue weighted by Gasteiger charge is 2.13. The number of hydrogen-bond donors (Lipinski definition) is 2. The lowest BCUT2D eigenvalue weighted by atomic mass is 10.1. The minimum atomic E-state index is -0.488. The molecule has 0 aromatic heterocycles. The van der Waals surface area contributed by atoms with E-state index in [0.717, 1.165) is 10.0 Å². The van der Waals surface area contributed by atoms with Crippen LogP contribution in [0.15, 0.2) is 34.8 Å². The predicted octanol–water partition coefficient (Wildman–Crippen LogP) is 4.04. The second-order valence-corrected chi connectivity index (χ2v) is 5.36. The zero-order valence-corrected chi connectivity index (χ0v) is 12.7. The first-order valence-electron chi connectivity index (χ1n) is 6.02. The minimum absolute atomic E-state index is 0.194. The summed E-state index contributed by atoms with van der Waals surface area (Å²) in [5.74, 6) is -0.889. The summed E-state index contributed by atoms with van der Waals surface area (Å²) in [6.07, 6.45) is 0. The predicted molar refractivity (Wildman–Crippen MR) is 82.4 cm³/mol. The van der Waals surface area contributed by atoms with Crippen LogP contribution in [0.4, 0.5) is 15.8 Å². The Morgan fingerprint density at radius 3 is 2.65 bits per heavy atom. The lowest BCUT2D eigenvalue weighted by Gasteiger charge is -2.10. The Balaban J connectivity index is 2.31. The van der Waals surface area contributed by atoms with Crippen molar-refractivity contribution < 1.29 is 9.18 Å². The normalized spacial score (nSPS) is 10.4. The van der Waals surface area contributed by atoms with E-state index in [-0.39, 0.29) is 11.3 Å². The van der Waals surface area contributed by atoms with E-state index in [1.165, 1.54) is 12.1 Å². The molecule has 0 aliphatic rings. The van der Waals surface area contributed by atoms with Crippen LogP contribution in [-0.2, 0) is 0 Å². The number of nitrogens with one attached hydrogen (secondary N) is 1. The van der Waals surface area contributed by atoms with Gasteiger partial charge in [0.1, 0.15) is 5.82 Å². The summed E-state index contributed by atoms with van der Waals surface area (Å²) in [4.78, 5) is 12.1. The second kappa shape index (κ2) is 5.63. The maximum atomic E-state index is 13.6. The number of carbonyl (C=O) groups is 1. The smallest absolute Gasteiger partial charge is 0.255 e. The maximum Gasteiger partial charge on any atom is 0.255 e. The van der Waals surface area contributed by atoms with Crippen LogP contribution in [0.5, 0.6) is 0 Å². The summed E-state index contributed by atoms with van der Waals surface area (Å²) < 4.78 is 14.4. The molecule has 1 amide bonds.